The number of carboxylic acid groups (broad SMARTS) is 1. The van der Waals surface area contributed by atoms with Gasteiger partial charge in [0.15, 0.2) is 0 Å². The maximum atomic E-state index is 11.6. The molecule has 0 aliphatic heterocycles. The van der Waals surface area contributed by atoms with Crippen LogP contribution in [0.3, 0.4) is 0 Å². The number of unbranched alkanes of at least 4 members (excludes halogenated alkanes) is 4. The Morgan fingerprint density at radius 1 is 1.10 bits per heavy atom. The number of carbonyl (C=O) groups is 2. The fourth-order valence-corrected chi connectivity index (χ4v) is 1.68. The number of allylic oxidation sites excluding steroid dienone is 1. The molecule has 0 aliphatic carbocycles. The molecule has 0 aromatic heterocycles. The normalized spacial score (nSPS) is 10.7. The summed E-state index contributed by atoms with van der Waals surface area (Å²) in [5.41, 5.74) is 0.485. The number of ether oxygens (including phenoxy) is 1. The van der Waals surface area contributed by atoms with E-state index in [1.807, 2.05) is 6.08 Å². The van der Waals surface area contributed by atoms with E-state index >= 15 is 0 Å². The average molecular weight is 276 g/mol. The predicted octanol–water partition coefficient (Wildman–Crippen LogP) is 4.03. The smallest absolute Gasteiger partial charge is 0.342 e. The molecule has 108 valence electrons. The molecular formula is C16H20O4. The van der Waals surface area contributed by atoms with Crippen molar-refractivity contribution < 1.29 is 19.4 Å². The molecule has 0 amide bonds. The third-order valence-electron chi connectivity index (χ3n) is 2.86. The minimum Gasteiger partial charge on any atom is -0.478 e. The van der Waals surface area contributed by atoms with Gasteiger partial charge in [-0.25, -0.2) is 9.59 Å². The molecule has 0 radical (unpaired) electrons. The molecule has 0 bridgehead atoms. The van der Waals surface area contributed by atoms with E-state index in [2.05, 4.69) is 6.92 Å². The number of carbonyl (C=O) groups excluding carboxylic acids is 1. The topological polar surface area (TPSA) is 63.6 Å². The number of carboxylic acids is 1. The largest absolute Gasteiger partial charge is 0.478 e. The zero-order valence-electron chi connectivity index (χ0n) is 11.7. The highest BCUT2D eigenvalue weighted by molar-refractivity contribution is 5.92. The van der Waals surface area contributed by atoms with Gasteiger partial charge in [-0.15, -0.1) is 0 Å². The molecule has 0 fully saturated rings. The molecule has 0 saturated carbocycles. The standard InChI is InChI=1S/C16H20O4/c1-2-3-4-5-6-7-12-20-16(19)14-10-8-13(9-11-14)15(17)18/h7-12H,2-6H2,1H3,(H,17,18). The van der Waals surface area contributed by atoms with Crippen LogP contribution in [0.25, 0.3) is 0 Å². The zero-order chi connectivity index (χ0) is 14.8. The average Bonchev–Trinajstić information content (AvgIpc) is 2.46. The monoisotopic (exact) mass is 276 g/mol. The summed E-state index contributed by atoms with van der Waals surface area (Å²) in [6.07, 6.45) is 8.83. The lowest BCUT2D eigenvalue weighted by atomic mass is 10.1. The molecule has 0 aliphatic rings. The minimum atomic E-state index is -1.02. The number of hydrogen-bond donors (Lipinski definition) is 1. The van der Waals surface area contributed by atoms with Crippen LogP contribution in [0.4, 0.5) is 0 Å². The molecule has 1 N–H and O–H groups in total. The van der Waals surface area contributed by atoms with Gasteiger partial charge in [-0.05, 0) is 43.2 Å². The van der Waals surface area contributed by atoms with Crippen LogP contribution >= 0.6 is 0 Å². The Balaban J connectivity index is 2.35. The van der Waals surface area contributed by atoms with Crippen LogP contribution in [-0.2, 0) is 4.74 Å². The van der Waals surface area contributed by atoms with Gasteiger partial charge < -0.3 is 9.84 Å². The second kappa shape index (κ2) is 8.91. The Morgan fingerprint density at radius 3 is 2.35 bits per heavy atom. The molecular weight excluding hydrogens is 256 g/mol. The predicted molar refractivity (Wildman–Crippen MR) is 76.7 cm³/mol. The van der Waals surface area contributed by atoms with Crippen LogP contribution in [0.15, 0.2) is 36.6 Å². The fourth-order valence-electron chi connectivity index (χ4n) is 1.68. The van der Waals surface area contributed by atoms with Crippen LogP contribution < -0.4 is 0 Å². The van der Waals surface area contributed by atoms with Crippen molar-refractivity contribution in [3.8, 4) is 0 Å². The van der Waals surface area contributed by atoms with Crippen molar-refractivity contribution in [1.82, 2.24) is 0 Å². The Kier molecular flexibility index (Phi) is 7.11. The maximum absolute atomic E-state index is 11.6. The lowest BCUT2D eigenvalue weighted by Crippen LogP contribution is -2.02. The Labute approximate surface area is 119 Å². The van der Waals surface area contributed by atoms with E-state index in [0.29, 0.717) is 5.56 Å². The van der Waals surface area contributed by atoms with Crippen LogP contribution in [0, 0.1) is 0 Å². The molecule has 0 saturated heterocycles. The van der Waals surface area contributed by atoms with Gasteiger partial charge in [0.05, 0.1) is 17.4 Å². The van der Waals surface area contributed by atoms with Crippen molar-refractivity contribution >= 4 is 11.9 Å². The highest BCUT2D eigenvalue weighted by Gasteiger charge is 2.07. The fraction of sp³-hybridized carbons (Fsp3) is 0.375. The summed E-state index contributed by atoms with van der Waals surface area (Å²) in [5, 5.41) is 8.75. The second-order valence-corrected chi connectivity index (χ2v) is 4.51. The van der Waals surface area contributed by atoms with E-state index in [1.54, 1.807) is 0 Å². The van der Waals surface area contributed by atoms with E-state index in [0.717, 1.165) is 12.8 Å². The van der Waals surface area contributed by atoms with Crippen LogP contribution in [0.2, 0.25) is 0 Å². The van der Waals surface area contributed by atoms with Crippen LogP contribution in [0.1, 0.15) is 59.7 Å². The van der Waals surface area contributed by atoms with Crippen LogP contribution in [-0.4, -0.2) is 17.0 Å². The van der Waals surface area contributed by atoms with E-state index in [1.165, 1.54) is 49.8 Å². The molecule has 1 aromatic carbocycles. The first-order valence-corrected chi connectivity index (χ1v) is 6.84. The summed E-state index contributed by atoms with van der Waals surface area (Å²) in [7, 11) is 0. The van der Waals surface area contributed by atoms with Crippen LogP contribution in [0.5, 0.6) is 0 Å². The molecule has 0 unspecified atom stereocenters. The van der Waals surface area contributed by atoms with E-state index in [9.17, 15) is 9.59 Å². The lowest BCUT2D eigenvalue weighted by molar-refractivity contribution is 0.0656. The quantitative estimate of drug-likeness (QED) is 0.442. The summed E-state index contributed by atoms with van der Waals surface area (Å²) in [5.74, 6) is -1.50. The van der Waals surface area contributed by atoms with Gasteiger partial charge in [0.2, 0.25) is 0 Å². The summed E-state index contributed by atoms with van der Waals surface area (Å²) in [6.45, 7) is 2.16. The van der Waals surface area contributed by atoms with Gasteiger partial charge >= 0.3 is 11.9 Å². The third kappa shape index (κ3) is 5.69. The van der Waals surface area contributed by atoms with Crippen molar-refractivity contribution in [1.29, 1.82) is 0 Å². The Hall–Kier alpha value is -2.10. The molecule has 4 heteroatoms. The Bertz CT molecular complexity index is 460. The van der Waals surface area contributed by atoms with E-state index in [4.69, 9.17) is 9.84 Å². The summed E-state index contributed by atoms with van der Waals surface area (Å²) in [6, 6.07) is 5.66. The summed E-state index contributed by atoms with van der Waals surface area (Å²) in [4.78, 5) is 22.3. The number of benzene rings is 1. The van der Waals surface area contributed by atoms with Gasteiger partial charge in [0, 0.05) is 0 Å². The molecule has 4 nitrogen and oxygen atoms in total. The number of aromatic carboxylic acids is 1. The molecule has 0 heterocycles. The van der Waals surface area contributed by atoms with E-state index < -0.39 is 11.9 Å². The van der Waals surface area contributed by atoms with Crippen molar-refractivity contribution in [3.05, 3.63) is 47.7 Å². The number of hydrogen-bond acceptors (Lipinski definition) is 3. The minimum absolute atomic E-state index is 0.146. The number of rotatable bonds is 8. The Morgan fingerprint density at radius 2 is 1.75 bits per heavy atom. The highest BCUT2D eigenvalue weighted by atomic mass is 16.5. The summed E-state index contributed by atoms with van der Waals surface area (Å²) >= 11 is 0. The molecule has 1 rings (SSSR count). The number of esters is 1. The third-order valence-corrected chi connectivity index (χ3v) is 2.86. The van der Waals surface area contributed by atoms with Crippen molar-refractivity contribution in [3.63, 3.8) is 0 Å². The lowest BCUT2D eigenvalue weighted by Gasteiger charge is -2.00. The van der Waals surface area contributed by atoms with Crippen molar-refractivity contribution in [2.45, 2.75) is 39.0 Å². The van der Waals surface area contributed by atoms with Gasteiger partial charge in [0.1, 0.15) is 0 Å². The first kappa shape index (κ1) is 16.0. The molecule has 1 aromatic rings. The summed E-state index contributed by atoms with van der Waals surface area (Å²) < 4.78 is 4.97. The molecule has 0 atom stereocenters. The maximum Gasteiger partial charge on any atom is 0.342 e. The highest BCUT2D eigenvalue weighted by Crippen LogP contribution is 2.07. The zero-order valence-corrected chi connectivity index (χ0v) is 11.7. The van der Waals surface area contributed by atoms with Gasteiger partial charge in [-0.1, -0.05) is 26.2 Å². The molecule has 0 spiro atoms. The van der Waals surface area contributed by atoms with E-state index in [-0.39, 0.29) is 5.56 Å². The van der Waals surface area contributed by atoms with Gasteiger partial charge in [-0.3, -0.25) is 0 Å². The molecule has 20 heavy (non-hydrogen) atoms. The first-order valence-electron chi connectivity index (χ1n) is 6.84. The SMILES string of the molecule is CCCCCCC=COC(=O)c1ccc(C(=O)O)cc1. The first-order chi connectivity index (χ1) is 9.65. The second-order valence-electron chi connectivity index (χ2n) is 4.51. The van der Waals surface area contributed by atoms with Gasteiger partial charge in [-0.2, -0.15) is 0 Å². The van der Waals surface area contributed by atoms with Crippen molar-refractivity contribution in [2.24, 2.45) is 0 Å². The van der Waals surface area contributed by atoms with Gasteiger partial charge in [0.25, 0.3) is 0 Å². The van der Waals surface area contributed by atoms with Crippen molar-refractivity contribution in [2.75, 3.05) is 0 Å².